The van der Waals surface area contributed by atoms with Crippen LogP contribution in [0.15, 0.2) is 53.0 Å². The second-order valence-corrected chi connectivity index (χ2v) is 8.15. The average molecular weight is 404 g/mol. The second-order valence-electron chi connectivity index (χ2n) is 7.30. The van der Waals surface area contributed by atoms with E-state index in [1.54, 1.807) is 0 Å². The number of rotatable bonds is 6. The fraction of sp³-hybridized carbons (Fsp3) is 0.381. The predicted octanol–water partition coefficient (Wildman–Crippen LogP) is 5.05. The van der Waals surface area contributed by atoms with Crippen LogP contribution in [0.4, 0.5) is 0 Å². The Morgan fingerprint density at radius 3 is 2.44 bits per heavy atom. The number of hydrogen-bond donors (Lipinski definition) is 1. The van der Waals surface area contributed by atoms with Crippen LogP contribution in [-0.2, 0) is 10.2 Å². The van der Waals surface area contributed by atoms with Gasteiger partial charge in [0.15, 0.2) is 6.61 Å². The van der Waals surface area contributed by atoms with E-state index in [0.717, 1.165) is 4.47 Å². The Morgan fingerprint density at radius 1 is 1.16 bits per heavy atom. The summed E-state index contributed by atoms with van der Waals surface area (Å²) >= 11 is 3.53. The molecular weight excluding hydrogens is 378 g/mol. The number of carbonyl (C=O) groups excluding carboxylic acids is 1. The van der Waals surface area contributed by atoms with Crippen LogP contribution in [0.25, 0.3) is 0 Å². The molecule has 0 fully saturated rings. The summed E-state index contributed by atoms with van der Waals surface area (Å²) < 4.78 is 6.51. The maximum Gasteiger partial charge on any atom is 0.257 e. The molecule has 2 aromatic carbocycles. The van der Waals surface area contributed by atoms with Crippen molar-refractivity contribution in [1.82, 2.24) is 5.32 Å². The third-order valence-corrected chi connectivity index (χ3v) is 4.75. The summed E-state index contributed by atoms with van der Waals surface area (Å²) in [5.41, 5.74) is 2.50. The summed E-state index contributed by atoms with van der Waals surface area (Å²) in [6.07, 6.45) is 0. The van der Waals surface area contributed by atoms with E-state index in [-0.39, 0.29) is 23.8 Å². The van der Waals surface area contributed by atoms with Crippen molar-refractivity contribution in [2.45, 2.75) is 39.0 Å². The quantitative estimate of drug-likeness (QED) is 0.732. The van der Waals surface area contributed by atoms with Crippen LogP contribution < -0.4 is 10.1 Å². The number of amides is 1. The molecule has 0 aliphatic rings. The fourth-order valence-electron chi connectivity index (χ4n) is 2.45. The molecule has 4 heteroatoms. The van der Waals surface area contributed by atoms with Gasteiger partial charge in [0.25, 0.3) is 5.91 Å². The zero-order valence-electron chi connectivity index (χ0n) is 15.3. The molecule has 3 nitrogen and oxygen atoms in total. The van der Waals surface area contributed by atoms with Crippen molar-refractivity contribution in [3.63, 3.8) is 0 Å². The molecule has 25 heavy (non-hydrogen) atoms. The summed E-state index contributed by atoms with van der Waals surface area (Å²) in [5, 5.41) is 2.93. The Bertz CT molecular complexity index is 708. The highest BCUT2D eigenvalue weighted by Crippen LogP contribution is 2.31. The van der Waals surface area contributed by atoms with Gasteiger partial charge in [-0.2, -0.15) is 0 Å². The average Bonchev–Trinajstić information content (AvgIpc) is 2.58. The number of nitrogens with one attached hydrogen (secondary N) is 1. The van der Waals surface area contributed by atoms with Gasteiger partial charge in [0.1, 0.15) is 5.75 Å². The van der Waals surface area contributed by atoms with Gasteiger partial charge < -0.3 is 10.1 Å². The summed E-state index contributed by atoms with van der Waals surface area (Å²) in [6.45, 7) is 9.19. The number of hydrogen-bond acceptors (Lipinski definition) is 2. The lowest BCUT2D eigenvalue weighted by Crippen LogP contribution is -2.31. The van der Waals surface area contributed by atoms with Crippen LogP contribution >= 0.6 is 15.9 Å². The second kappa shape index (κ2) is 8.52. The molecule has 0 bridgehead atoms. The molecule has 0 heterocycles. The van der Waals surface area contributed by atoms with Crippen LogP contribution in [0.5, 0.6) is 5.75 Å². The Balaban J connectivity index is 1.84. The van der Waals surface area contributed by atoms with Gasteiger partial charge in [-0.15, -0.1) is 0 Å². The SMILES string of the molecule is C[C@H](CNC(=O)COc1ccc(C(C)(C)C)cc1Br)c1ccccc1. The standard InChI is InChI=1S/C21H26BrNO2/c1-15(16-8-6-5-7-9-16)13-23-20(24)14-25-19-11-10-17(12-18(19)22)21(2,3)4/h5-12,15H,13-14H2,1-4H3,(H,23,24)/t15-/m1/s1. The van der Waals surface area contributed by atoms with Gasteiger partial charge in [-0.3, -0.25) is 4.79 Å². The highest BCUT2D eigenvalue weighted by atomic mass is 79.9. The molecule has 0 spiro atoms. The molecule has 0 saturated heterocycles. The zero-order chi connectivity index (χ0) is 18.4. The van der Waals surface area contributed by atoms with E-state index in [1.165, 1.54) is 11.1 Å². The Labute approximate surface area is 158 Å². The van der Waals surface area contributed by atoms with Crippen LogP contribution in [-0.4, -0.2) is 19.1 Å². The van der Waals surface area contributed by atoms with Crippen molar-refractivity contribution >= 4 is 21.8 Å². The maximum atomic E-state index is 12.0. The molecule has 2 aromatic rings. The topological polar surface area (TPSA) is 38.3 Å². The van der Waals surface area contributed by atoms with Crippen molar-refractivity contribution in [3.8, 4) is 5.75 Å². The Kier molecular flexibility index (Phi) is 6.65. The molecule has 1 amide bonds. The first-order chi connectivity index (χ1) is 11.8. The van der Waals surface area contributed by atoms with E-state index in [0.29, 0.717) is 12.3 Å². The number of carbonyl (C=O) groups is 1. The molecule has 1 N–H and O–H groups in total. The summed E-state index contributed by atoms with van der Waals surface area (Å²) in [6, 6.07) is 16.1. The Hall–Kier alpha value is -1.81. The first-order valence-electron chi connectivity index (χ1n) is 8.52. The normalized spacial score (nSPS) is 12.5. The van der Waals surface area contributed by atoms with Crippen molar-refractivity contribution < 1.29 is 9.53 Å². The van der Waals surface area contributed by atoms with Gasteiger partial charge in [-0.05, 0) is 50.5 Å². The molecule has 0 aliphatic carbocycles. The van der Waals surface area contributed by atoms with E-state index >= 15 is 0 Å². The monoisotopic (exact) mass is 403 g/mol. The first-order valence-corrected chi connectivity index (χ1v) is 9.31. The van der Waals surface area contributed by atoms with Gasteiger partial charge in [0.05, 0.1) is 4.47 Å². The molecule has 0 saturated carbocycles. The van der Waals surface area contributed by atoms with Crippen molar-refractivity contribution in [1.29, 1.82) is 0 Å². The lowest BCUT2D eigenvalue weighted by atomic mass is 9.87. The smallest absolute Gasteiger partial charge is 0.257 e. The van der Waals surface area contributed by atoms with Crippen LogP contribution in [0.3, 0.4) is 0 Å². The number of benzene rings is 2. The van der Waals surface area contributed by atoms with E-state index < -0.39 is 0 Å². The van der Waals surface area contributed by atoms with Gasteiger partial charge in [-0.25, -0.2) is 0 Å². The molecule has 1 atom stereocenters. The molecule has 0 radical (unpaired) electrons. The van der Waals surface area contributed by atoms with Crippen molar-refractivity contribution in [3.05, 3.63) is 64.1 Å². The first kappa shape index (κ1) is 19.5. The molecule has 0 unspecified atom stereocenters. The lowest BCUT2D eigenvalue weighted by molar-refractivity contribution is -0.123. The molecule has 134 valence electrons. The highest BCUT2D eigenvalue weighted by molar-refractivity contribution is 9.10. The summed E-state index contributed by atoms with van der Waals surface area (Å²) in [7, 11) is 0. The van der Waals surface area contributed by atoms with Gasteiger partial charge in [-0.1, -0.05) is 64.1 Å². The number of ether oxygens (including phenoxy) is 1. The minimum absolute atomic E-state index is 0.00890. The van der Waals surface area contributed by atoms with E-state index in [4.69, 9.17) is 4.74 Å². The van der Waals surface area contributed by atoms with Crippen LogP contribution in [0.2, 0.25) is 0 Å². The third kappa shape index (κ3) is 5.89. The van der Waals surface area contributed by atoms with Gasteiger partial charge in [0, 0.05) is 6.54 Å². The van der Waals surface area contributed by atoms with E-state index in [1.807, 2.05) is 36.4 Å². The van der Waals surface area contributed by atoms with Crippen LogP contribution in [0.1, 0.15) is 44.7 Å². The summed E-state index contributed by atoms with van der Waals surface area (Å²) in [4.78, 5) is 12.0. The molecule has 0 aliphatic heterocycles. The third-order valence-electron chi connectivity index (χ3n) is 4.13. The fourth-order valence-corrected chi connectivity index (χ4v) is 2.94. The van der Waals surface area contributed by atoms with E-state index in [2.05, 4.69) is 61.1 Å². The Morgan fingerprint density at radius 2 is 1.84 bits per heavy atom. The molecule has 0 aromatic heterocycles. The lowest BCUT2D eigenvalue weighted by Gasteiger charge is -2.20. The number of halogens is 1. The summed E-state index contributed by atoms with van der Waals surface area (Å²) in [5.74, 6) is 0.830. The van der Waals surface area contributed by atoms with E-state index in [9.17, 15) is 4.79 Å². The van der Waals surface area contributed by atoms with Crippen molar-refractivity contribution in [2.75, 3.05) is 13.2 Å². The molecule has 2 rings (SSSR count). The minimum atomic E-state index is -0.116. The van der Waals surface area contributed by atoms with Gasteiger partial charge in [0.2, 0.25) is 0 Å². The van der Waals surface area contributed by atoms with Gasteiger partial charge >= 0.3 is 0 Å². The maximum absolute atomic E-state index is 12.0. The minimum Gasteiger partial charge on any atom is -0.483 e. The van der Waals surface area contributed by atoms with Crippen LogP contribution in [0, 0.1) is 0 Å². The predicted molar refractivity (Wildman–Crippen MR) is 106 cm³/mol. The zero-order valence-corrected chi connectivity index (χ0v) is 16.9. The van der Waals surface area contributed by atoms with Crippen molar-refractivity contribution in [2.24, 2.45) is 0 Å². The largest absolute Gasteiger partial charge is 0.483 e. The molecular formula is C21H26BrNO2. The highest BCUT2D eigenvalue weighted by Gasteiger charge is 2.16.